The van der Waals surface area contributed by atoms with E-state index < -0.39 is 0 Å². The molecule has 0 aliphatic carbocycles. The minimum Gasteiger partial charge on any atom is -0.356 e. The van der Waals surface area contributed by atoms with Crippen LogP contribution in [0.15, 0.2) is 84.0 Å². The van der Waals surface area contributed by atoms with Crippen LogP contribution in [0.2, 0.25) is 0 Å². The van der Waals surface area contributed by atoms with Crippen molar-refractivity contribution in [3.8, 4) is 11.4 Å². The lowest BCUT2D eigenvalue weighted by molar-refractivity contribution is 0.628. The molecule has 0 aliphatic heterocycles. The maximum absolute atomic E-state index is 14.1. The van der Waals surface area contributed by atoms with E-state index in [1.54, 1.807) is 24.4 Å². The van der Waals surface area contributed by atoms with Gasteiger partial charge in [-0.1, -0.05) is 42.5 Å². The molecule has 0 bridgehead atoms. The zero-order valence-electron chi connectivity index (χ0n) is 14.7. The highest BCUT2D eigenvalue weighted by Crippen LogP contribution is 2.21. The van der Waals surface area contributed by atoms with Gasteiger partial charge in [0.1, 0.15) is 5.82 Å². The van der Waals surface area contributed by atoms with Crippen LogP contribution in [0.4, 0.5) is 15.8 Å². The molecule has 0 amide bonds. The van der Waals surface area contributed by atoms with Gasteiger partial charge in [-0.3, -0.25) is 0 Å². The minimum atomic E-state index is -0.385. The molecule has 4 rings (SSSR count). The van der Waals surface area contributed by atoms with E-state index >= 15 is 0 Å². The summed E-state index contributed by atoms with van der Waals surface area (Å²) in [5.74, 6) is -0.0639. The van der Waals surface area contributed by atoms with Crippen LogP contribution < -0.4 is 5.32 Å². The molecular formula is C21H16FN5S. The maximum atomic E-state index is 14.1. The van der Waals surface area contributed by atoms with Crippen molar-refractivity contribution >= 4 is 29.8 Å². The molecule has 2 N–H and O–H groups in total. The number of halogens is 1. The first-order valence-corrected chi connectivity index (χ1v) is 9.00. The minimum absolute atomic E-state index is 0.289. The first-order chi connectivity index (χ1) is 13.7. The second-order valence-corrected chi connectivity index (χ2v) is 6.39. The molecule has 4 aromatic rings. The molecule has 0 saturated carbocycles. The van der Waals surface area contributed by atoms with Crippen LogP contribution in [0.3, 0.4) is 0 Å². The molecule has 0 spiro atoms. The Bertz CT molecular complexity index is 1160. The van der Waals surface area contributed by atoms with Crippen LogP contribution in [0, 0.1) is 10.6 Å². The van der Waals surface area contributed by atoms with E-state index in [1.807, 2.05) is 54.6 Å². The third kappa shape index (κ3) is 3.89. The summed E-state index contributed by atoms with van der Waals surface area (Å²) in [6.07, 6.45) is 1.65. The van der Waals surface area contributed by atoms with E-state index in [-0.39, 0.29) is 10.6 Å². The maximum Gasteiger partial charge on any atom is 0.216 e. The van der Waals surface area contributed by atoms with Gasteiger partial charge in [0, 0.05) is 11.4 Å². The molecule has 0 fully saturated rings. The van der Waals surface area contributed by atoms with Crippen molar-refractivity contribution in [3.05, 3.63) is 95.0 Å². The van der Waals surface area contributed by atoms with Crippen LogP contribution >= 0.6 is 12.2 Å². The molecule has 5 nitrogen and oxygen atoms in total. The van der Waals surface area contributed by atoms with Crippen molar-refractivity contribution in [2.24, 2.45) is 5.10 Å². The fourth-order valence-electron chi connectivity index (χ4n) is 2.68. The monoisotopic (exact) mass is 389 g/mol. The first kappa shape index (κ1) is 17.8. The Morgan fingerprint density at radius 2 is 1.61 bits per heavy atom. The van der Waals surface area contributed by atoms with Gasteiger partial charge in [0.05, 0.1) is 11.8 Å². The van der Waals surface area contributed by atoms with E-state index in [4.69, 9.17) is 12.2 Å². The zero-order chi connectivity index (χ0) is 19.3. The van der Waals surface area contributed by atoms with Crippen LogP contribution in [-0.2, 0) is 0 Å². The zero-order valence-corrected chi connectivity index (χ0v) is 15.5. The summed E-state index contributed by atoms with van der Waals surface area (Å²) < 4.78 is 15.8. The molecule has 7 heteroatoms. The predicted molar refractivity (Wildman–Crippen MR) is 112 cm³/mol. The Kier molecular flexibility index (Phi) is 5.07. The van der Waals surface area contributed by atoms with E-state index in [9.17, 15) is 4.39 Å². The lowest BCUT2D eigenvalue weighted by atomic mass is 10.2. The number of nitrogens with one attached hydrogen (secondary N) is 2. The quantitative estimate of drug-likeness (QED) is 0.356. The molecule has 0 unspecified atom stereocenters. The standard InChI is InChI=1S/C21H16FN5S/c22-19-9-5-4-8-18(19)20-25-26-21(28)27(20)23-14-15-10-12-17(13-11-15)24-16-6-2-1-3-7-16/h1-14,24H,(H,26,28)/b23-14-. The fourth-order valence-corrected chi connectivity index (χ4v) is 2.86. The molecule has 0 aliphatic rings. The van der Waals surface area contributed by atoms with Crippen molar-refractivity contribution in [1.82, 2.24) is 14.9 Å². The summed E-state index contributed by atoms with van der Waals surface area (Å²) >= 11 is 5.22. The fraction of sp³-hybridized carbons (Fsp3) is 0. The number of H-pyrrole nitrogens is 1. The average Bonchev–Trinajstić information content (AvgIpc) is 3.09. The van der Waals surface area contributed by atoms with Gasteiger partial charge < -0.3 is 5.32 Å². The van der Waals surface area contributed by atoms with Gasteiger partial charge in [-0.05, 0) is 54.2 Å². The van der Waals surface area contributed by atoms with E-state index in [1.165, 1.54) is 10.7 Å². The highest BCUT2D eigenvalue weighted by Gasteiger charge is 2.12. The Hall–Kier alpha value is -3.58. The van der Waals surface area contributed by atoms with Crippen molar-refractivity contribution < 1.29 is 4.39 Å². The second-order valence-electron chi connectivity index (χ2n) is 6.00. The normalized spacial score (nSPS) is 11.0. The third-order valence-electron chi connectivity index (χ3n) is 4.06. The van der Waals surface area contributed by atoms with Gasteiger partial charge in [-0.2, -0.15) is 14.9 Å². The smallest absolute Gasteiger partial charge is 0.216 e. The largest absolute Gasteiger partial charge is 0.356 e. The summed E-state index contributed by atoms with van der Waals surface area (Å²) in [5, 5.41) is 14.5. The first-order valence-electron chi connectivity index (χ1n) is 8.59. The number of aromatic amines is 1. The summed E-state index contributed by atoms with van der Waals surface area (Å²) in [6.45, 7) is 0. The van der Waals surface area contributed by atoms with Crippen LogP contribution in [0.25, 0.3) is 11.4 Å². The highest BCUT2D eigenvalue weighted by atomic mass is 32.1. The summed E-state index contributed by atoms with van der Waals surface area (Å²) in [5.41, 5.74) is 3.19. The Balaban J connectivity index is 1.56. The summed E-state index contributed by atoms with van der Waals surface area (Å²) in [4.78, 5) is 0. The molecule has 1 aromatic heterocycles. The molecule has 1 heterocycles. The van der Waals surface area contributed by atoms with Crippen molar-refractivity contribution in [1.29, 1.82) is 0 Å². The van der Waals surface area contributed by atoms with Gasteiger partial charge >= 0.3 is 0 Å². The Labute approximate surface area is 166 Å². The van der Waals surface area contributed by atoms with Gasteiger partial charge in [0.25, 0.3) is 0 Å². The number of benzene rings is 3. The summed E-state index contributed by atoms with van der Waals surface area (Å²) in [7, 11) is 0. The average molecular weight is 389 g/mol. The third-order valence-corrected chi connectivity index (χ3v) is 4.32. The highest BCUT2D eigenvalue weighted by molar-refractivity contribution is 7.71. The summed E-state index contributed by atoms with van der Waals surface area (Å²) in [6, 6.07) is 24.1. The predicted octanol–water partition coefficient (Wildman–Crippen LogP) is 5.37. The number of nitrogens with zero attached hydrogens (tertiary/aromatic N) is 3. The Morgan fingerprint density at radius 1 is 0.929 bits per heavy atom. The lowest BCUT2D eigenvalue weighted by Crippen LogP contribution is -1.97. The lowest BCUT2D eigenvalue weighted by Gasteiger charge is -2.06. The number of anilines is 2. The number of hydrogen-bond donors (Lipinski definition) is 2. The molecule has 28 heavy (non-hydrogen) atoms. The van der Waals surface area contributed by atoms with Gasteiger partial charge in [0.2, 0.25) is 4.77 Å². The molecule has 0 atom stereocenters. The van der Waals surface area contributed by atoms with Crippen LogP contribution in [0.5, 0.6) is 0 Å². The molecular weight excluding hydrogens is 373 g/mol. The van der Waals surface area contributed by atoms with Gasteiger partial charge in [-0.15, -0.1) is 0 Å². The SMILES string of the molecule is Fc1ccccc1-c1n[nH]c(=S)n1/N=C\c1ccc(Nc2ccccc2)cc1. The second kappa shape index (κ2) is 7.98. The number of aromatic nitrogens is 3. The topological polar surface area (TPSA) is 58.0 Å². The van der Waals surface area contributed by atoms with Crippen LogP contribution in [-0.4, -0.2) is 21.1 Å². The van der Waals surface area contributed by atoms with E-state index in [0.717, 1.165) is 16.9 Å². The molecule has 138 valence electrons. The van der Waals surface area contributed by atoms with Crippen molar-refractivity contribution in [2.45, 2.75) is 0 Å². The van der Waals surface area contributed by atoms with Crippen LogP contribution in [0.1, 0.15) is 5.56 Å². The van der Waals surface area contributed by atoms with Gasteiger partial charge in [-0.25, -0.2) is 9.49 Å². The molecule has 0 saturated heterocycles. The van der Waals surface area contributed by atoms with Gasteiger partial charge in [0.15, 0.2) is 5.82 Å². The van der Waals surface area contributed by atoms with Crippen molar-refractivity contribution in [3.63, 3.8) is 0 Å². The van der Waals surface area contributed by atoms with E-state index in [2.05, 4.69) is 20.6 Å². The van der Waals surface area contributed by atoms with E-state index in [0.29, 0.717) is 11.4 Å². The number of hydrogen-bond acceptors (Lipinski definition) is 4. The van der Waals surface area contributed by atoms with Crippen molar-refractivity contribution in [2.75, 3.05) is 5.32 Å². The number of para-hydroxylation sites is 1. The molecule has 3 aromatic carbocycles. The molecule has 0 radical (unpaired) electrons. The number of rotatable bonds is 5. The Morgan fingerprint density at radius 3 is 2.36 bits per heavy atom.